The molecule has 1 aromatic heterocycles. The van der Waals surface area contributed by atoms with E-state index in [4.69, 9.17) is 9.47 Å². The van der Waals surface area contributed by atoms with Crippen LogP contribution in [0.1, 0.15) is 35.7 Å². The number of benzene rings is 1. The third kappa shape index (κ3) is 4.70. The van der Waals surface area contributed by atoms with E-state index in [1.807, 2.05) is 29.2 Å². The van der Waals surface area contributed by atoms with Crippen LogP contribution in [0, 0.1) is 5.92 Å². The SMILES string of the molecule is COc1ccc(CNc2cncc(C(=O)N3CCC(C)CC3)c2)cc1OC. The average Bonchev–Trinajstić information content (AvgIpc) is 2.72. The zero-order valence-electron chi connectivity index (χ0n) is 16.2. The maximum absolute atomic E-state index is 12.7. The van der Waals surface area contributed by atoms with E-state index in [0.717, 1.165) is 37.2 Å². The molecule has 2 aromatic rings. The number of piperidine rings is 1. The number of hydrogen-bond acceptors (Lipinski definition) is 5. The Morgan fingerprint density at radius 3 is 2.59 bits per heavy atom. The monoisotopic (exact) mass is 369 g/mol. The smallest absolute Gasteiger partial charge is 0.255 e. The minimum absolute atomic E-state index is 0.0594. The van der Waals surface area contributed by atoms with Crippen LogP contribution in [-0.2, 0) is 6.54 Å². The predicted octanol–water partition coefficient (Wildman–Crippen LogP) is 3.58. The highest BCUT2D eigenvalue weighted by Crippen LogP contribution is 2.28. The first-order chi connectivity index (χ1) is 13.1. The van der Waals surface area contributed by atoms with Crippen molar-refractivity contribution in [2.24, 2.45) is 5.92 Å². The number of methoxy groups -OCH3 is 2. The maximum Gasteiger partial charge on any atom is 0.255 e. The lowest BCUT2D eigenvalue weighted by Crippen LogP contribution is -2.37. The lowest BCUT2D eigenvalue weighted by atomic mass is 9.99. The molecule has 0 unspecified atom stereocenters. The van der Waals surface area contributed by atoms with Crippen LogP contribution < -0.4 is 14.8 Å². The molecule has 0 aliphatic carbocycles. The number of aromatic nitrogens is 1. The molecule has 1 saturated heterocycles. The van der Waals surface area contributed by atoms with E-state index in [0.29, 0.717) is 29.5 Å². The number of pyridine rings is 1. The fourth-order valence-corrected chi connectivity index (χ4v) is 3.24. The van der Waals surface area contributed by atoms with Crippen molar-refractivity contribution < 1.29 is 14.3 Å². The summed E-state index contributed by atoms with van der Waals surface area (Å²) in [6.07, 6.45) is 5.50. The van der Waals surface area contributed by atoms with Crippen LogP contribution in [0.4, 0.5) is 5.69 Å². The number of amides is 1. The molecule has 1 amide bonds. The van der Waals surface area contributed by atoms with Crippen molar-refractivity contribution in [3.8, 4) is 11.5 Å². The van der Waals surface area contributed by atoms with E-state index >= 15 is 0 Å². The minimum Gasteiger partial charge on any atom is -0.493 e. The van der Waals surface area contributed by atoms with Crippen molar-refractivity contribution in [3.63, 3.8) is 0 Å². The third-order valence-corrected chi connectivity index (χ3v) is 5.00. The number of hydrogen-bond donors (Lipinski definition) is 1. The molecule has 0 atom stereocenters. The van der Waals surface area contributed by atoms with Gasteiger partial charge in [-0.05, 0) is 42.5 Å². The van der Waals surface area contributed by atoms with Crippen LogP contribution >= 0.6 is 0 Å². The molecule has 6 nitrogen and oxygen atoms in total. The van der Waals surface area contributed by atoms with Gasteiger partial charge in [0.15, 0.2) is 11.5 Å². The number of carbonyl (C=O) groups is 1. The van der Waals surface area contributed by atoms with E-state index < -0.39 is 0 Å². The molecule has 1 aromatic carbocycles. The van der Waals surface area contributed by atoms with Gasteiger partial charge in [0, 0.05) is 32.0 Å². The first-order valence-electron chi connectivity index (χ1n) is 9.30. The molecule has 1 aliphatic heterocycles. The van der Waals surface area contributed by atoms with Gasteiger partial charge in [-0.2, -0.15) is 0 Å². The third-order valence-electron chi connectivity index (χ3n) is 5.00. The van der Waals surface area contributed by atoms with Crippen molar-refractivity contribution in [2.45, 2.75) is 26.3 Å². The average molecular weight is 369 g/mol. The number of ether oxygens (including phenoxy) is 2. The van der Waals surface area contributed by atoms with Crippen LogP contribution in [0.25, 0.3) is 0 Å². The molecule has 0 spiro atoms. The van der Waals surface area contributed by atoms with Crippen LogP contribution in [0.5, 0.6) is 11.5 Å². The molecule has 6 heteroatoms. The number of carbonyl (C=O) groups excluding carboxylic acids is 1. The fraction of sp³-hybridized carbons (Fsp3) is 0.429. The van der Waals surface area contributed by atoms with Crippen molar-refractivity contribution >= 4 is 11.6 Å². The number of rotatable bonds is 6. The number of anilines is 1. The number of nitrogens with one attached hydrogen (secondary N) is 1. The highest BCUT2D eigenvalue weighted by molar-refractivity contribution is 5.94. The van der Waals surface area contributed by atoms with Crippen LogP contribution in [0.3, 0.4) is 0 Å². The van der Waals surface area contributed by atoms with Gasteiger partial charge in [-0.25, -0.2) is 0 Å². The highest BCUT2D eigenvalue weighted by Gasteiger charge is 2.21. The summed E-state index contributed by atoms with van der Waals surface area (Å²) in [7, 11) is 3.24. The van der Waals surface area contributed by atoms with E-state index in [9.17, 15) is 4.79 Å². The Morgan fingerprint density at radius 1 is 1.15 bits per heavy atom. The van der Waals surface area contributed by atoms with E-state index in [1.54, 1.807) is 26.6 Å². The quantitative estimate of drug-likeness (QED) is 0.843. The predicted molar refractivity (Wildman–Crippen MR) is 105 cm³/mol. The maximum atomic E-state index is 12.7. The highest BCUT2D eigenvalue weighted by atomic mass is 16.5. The molecule has 1 aliphatic rings. The van der Waals surface area contributed by atoms with Gasteiger partial charge in [-0.3, -0.25) is 9.78 Å². The molecule has 0 saturated carbocycles. The molecule has 2 heterocycles. The molecule has 0 bridgehead atoms. The van der Waals surface area contributed by atoms with Crippen molar-refractivity contribution in [1.29, 1.82) is 0 Å². The second-order valence-electron chi connectivity index (χ2n) is 6.98. The molecule has 3 rings (SSSR count). The largest absolute Gasteiger partial charge is 0.493 e. The summed E-state index contributed by atoms with van der Waals surface area (Å²) in [5.74, 6) is 2.15. The standard InChI is InChI=1S/C21H27N3O3/c1-15-6-8-24(9-7-15)21(25)17-11-18(14-22-13-17)23-12-16-4-5-19(26-2)20(10-16)27-3/h4-5,10-11,13-15,23H,6-9,12H2,1-3H3. The summed E-state index contributed by atoms with van der Waals surface area (Å²) in [6, 6.07) is 7.66. The first kappa shape index (κ1) is 19.0. The molecule has 1 N–H and O–H groups in total. The van der Waals surface area contributed by atoms with Gasteiger partial charge in [0.25, 0.3) is 5.91 Å². The van der Waals surface area contributed by atoms with Gasteiger partial charge in [0.2, 0.25) is 0 Å². The van der Waals surface area contributed by atoms with Gasteiger partial charge >= 0.3 is 0 Å². The Kier molecular flexibility index (Phi) is 6.16. The van der Waals surface area contributed by atoms with Crippen LogP contribution in [0.15, 0.2) is 36.7 Å². The summed E-state index contributed by atoms with van der Waals surface area (Å²) in [5, 5.41) is 3.33. The van der Waals surface area contributed by atoms with Crippen LogP contribution in [0.2, 0.25) is 0 Å². The molecule has 144 valence electrons. The van der Waals surface area contributed by atoms with Crippen molar-refractivity contribution in [2.75, 3.05) is 32.6 Å². The Morgan fingerprint density at radius 2 is 1.89 bits per heavy atom. The minimum atomic E-state index is 0.0594. The second kappa shape index (κ2) is 8.75. The number of likely N-dealkylation sites (tertiary alicyclic amines) is 1. The van der Waals surface area contributed by atoms with Gasteiger partial charge in [-0.15, -0.1) is 0 Å². The summed E-state index contributed by atoms with van der Waals surface area (Å²) < 4.78 is 10.6. The molecule has 0 radical (unpaired) electrons. The normalized spacial score (nSPS) is 14.7. The second-order valence-corrected chi connectivity index (χ2v) is 6.98. The van der Waals surface area contributed by atoms with Gasteiger partial charge in [-0.1, -0.05) is 13.0 Å². The van der Waals surface area contributed by atoms with Crippen molar-refractivity contribution in [1.82, 2.24) is 9.88 Å². The molecular formula is C21H27N3O3. The number of nitrogens with zero attached hydrogens (tertiary/aromatic N) is 2. The molecule has 27 heavy (non-hydrogen) atoms. The Hall–Kier alpha value is -2.76. The van der Waals surface area contributed by atoms with E-state index in [2.05, 4.69) is 17.2 Å². The first-order valence-corrected chi connectivity index (χ1v) is 9.30. The Bertz CT molecular complexity index is 786. The Labute approximate surface area is 160 Å². The Balaban J connectivity index is 1.65. The van der Waals surface area contributed by atoms with E-state index in [-0.39, 0.29) is 5.91 Å². The van der Waals surface area contributed by atoms with Gasteiger partial charge in [0.05, 0.1) is 25.5 Å². The van der Waals surface area contributed by atoms with Crippen LogP contribution in [-0.4, -0.2) is 43.1 Å². The summed E-state index contributed by atoms with van der Waals surface area (Å²) in [4.78, 5) is 18.9. The summed E-state index contributed by atoms with van der Waals surface area (Å²) in [5.41, 5.74) is 2.50. The lowest BCUT2D eigenvalue weighted by Gasteiger charge is -2.30. The molecular weight excluding hydrogens is 342 g/mol. The lowest BCUT2D eigenvalue weighted by molar-refractivity contribution is 0.0697. The van der Waals surface area contributed by atoms with Gasteiger partial charge < -0.3 is 19.7 Å². The van der Waals surface area contributed by atoms with Crippen molar-refractivity contribution in [3.05, 3.63) is 47.8 Å². The van der Waals surface area contributed by atoms with Gasteiger partial charge in [0.1, 0.15) is 0 Å². The van der Waals surface area contributed by atoms with E-state index in [1.165, 1.54) is 0 Å². The summed E-state index contributed by atoms with van der Waals surface area (Å²) in [6.45, 7) is 4.48. The molecule has 1 fully saturated rings. The zero-order chi connectivity index (χ0) is 19.2. The fourth-order valence-electron chi connectivity index (χ4n) is 3.24. The topological polar surface area (TPSA) is 63.7 Å². The summed E-state index contributed by atoms with van der Waals surface area (Å²) >= 11 is 0. The zero-order valence-corrected chi connectivity index (χ0v) is 16.2.